The fourth-order valence-corrected chi connectivity index (χ4v) is 2.69. The first kappa shape index (κ1) is 15.1. The van der Waals surface area contributed by atoms with Gasteiger partial charge in [0.15, 0.2) is 0 Å². The molecule has 0 bridgehead atoms. The summed E-state index contributed by atoms with van der Waals surface area (Å²) in [6.07, 6.45) is 0.988. The van der Waals surface area contributed by atoms with E-state index in [0.29, 0.717) is 26.2 Å². The molecular formula is C13H24N4O3. The van der Waals surface area contributed by atoms with E-state index in [-0.39, 0.29) is 6.03 Å². The number of amides is 2. The molecule has 1 atom stereocenters. The van der Waals surface area contributed by atoms with Crippen molar-refractivity contribution in [2.75, 3.05) is 52.4 Å². The molecule has 2 rings (SSSR count). The summed E-state index contributed by atoms with van der Waals surface area (Å²) in [4.78, 5) is 29.0. The zero-order valence-corrected chi connectivity index (χ0v) is 12.0. The van der Waals surface area contributed by atoms with Crippen LogP contribution in [-0.2, 0) is 4.79 Å². The molecule has 2 heterocycles. The monoisotopic (exact) mass is 284 g/mol. The van der Waals surface area contributed by atoms with Crippen LogP contribution in [0.15, 0.2) is 0 Å². The number of carbonyl (C=O) groups is 2. The van der Waals surface area contributed by atoms with E-state index in [0.717, 1.165) is 32.6 Å². The lowest BCUT2D eigenvalue weighted by Crippen LogP contribution is -2.56. The van der Waals surface area contributed by atoms with Crippen molar-refractivity contribution >= 4 is 12.0 Å². The van der Waals surface area contributed by atoms with E-state index in [1.807, 2.05) is 14.7 Å². The van der Waals surface area contributed by atoms with Crippen molar-refractivity contribution in [2.24, 2.45) is 0 Å². The third-order valence-electron chi connectivity index (χ3n) is 4.10. The highest BCUT2D eigenvalue weighted by Crippen LogP contribution is 2.10. The van der Waals surface area contributed by atoms with Crippen LogP contribution < -0.4 is 5.32 Å². The molecule has 114 valence electrons. The standard InChI is InChI=1S/C13H24N4O3/c1-11(12(18)19)15-7-9-17(10-8-15)13(20)16-5-2-3-14-4-6-16/h11,14H,2-10H2,1H3,(H,18,19). The second kappa shape index (κ2) is 6.90. The zero-order valence-electron chi connectivity index (χ0n) is 12.0. The van der Waals surface area contributed by atoms with Gasteiger partial charge >= 0.3 is 12.0 Å². The van der Waals surface area contributed by atoms with Gasteiger partial charge in [-0.1, -0.05) is 0 Å². The molecule has 20 heavy (non-hydrogen) atoms. The van der Waals surface area contributed by atoms with Crippen molar-refractivity contribution in [2.45, 2.75) is 19.4 Å². The highest BCUT2D eigenvalue weighted by molar-refractivity contribution is 5.75. The Morgan fingerprint density at radius 3 is 2.30 bits per heavy atom. The number of hydrogen-bond donors (Lipinski definition) is 2. The quantitative estimate of drug-likeness (QED) is 0.714. The molecule has 0 aliphatic carbocycles. The molecule has 2 saturated heterocycles. The number of carbonyl (C=O) groups excluding carboxylic acids is 1. The fourth-order valence-electron chi connectivity index (χ4n) is 2.69. The molecule has 7 heteroatoms. The zero-order chi connectivity index (χ0) is 14.5. The van der Waals surface area contributed by atoms with Gasteiger partial charge < -0.3 is 20.2 Å². The van der Waals surface area contributed by atoms with Crippen molar-refractivity contribution in [3.8, 4) is 0 Å². The van der Waals surface area contributed by atoms with E-state index < -0.39 is 12.0 Å². The van der Waals surface area contributed by atoms with Gasteiger partial charge in [0.25, 0.3) is 0 Å². The van der Waals surface area contributed by atoms with Gasteiger partial charge in [-0.15, -0.1) is 0 Å². The lowest BCUT2D eigenvalue weighted by atomic mass is 10.2. The number of piperazine rings is 1. The second-order valence-electron chi connectivity index (χ2n) is 5.41. The summed E-state index contributed by atoms with van der Waals surface area (Å²) in [5.74, 6) is -0.802. The van der Waals surface area contributed by atoms with E-state index in [1.165, 1.54) is 0 Å². The SMILES string of the molecule is CC(C(=O)O)N1CCN(C(=O)N2CCCNCC2)CC1. The summed E-state index contributed by atoms with van der Waals surface area (Å²) in [5, 5.41) is 12.3. The van der Waals surface area contributed by atoms with E-state index in [4.69, 9.17) is 5.11 Å². The number of carboxylic acid groups (broad SMARTS) is 1. The molecule has 0 aromatic carbocycles. The molecule has 0 aromatic heterocycles. The lowest BCUT2D eigenvalue weighted by Gasteiger charge is -2.38. The maximum atomic E-state index is 12.4. The molecule has 2 aliphatic heterocycles. The first-order chi connectivity index (χ1) is 9.59. The van der Waals surface area contributed by atoms with Crippen LogP contribution in [0.5, 0.6) is 0 Å². The van der Waals surface area contributed by atoms with Crippen molar-refractivity contribution in [1.29, 1.82) is 0 Å². The highest BCUT2D eigenvalue weighted by atomic mass is 16.4. The molecule has 0 spiro atoms. The number of rotatable bonds is 2. The summed E-state index contributed by atoms with van der Waals surface area (Å²) in [6.45, 7) is 7.55. The number of urea groups is 1. The molecule has 7 nitrogen and oxygen atoms in total. The van der Waals surface area contributed by atoms with Crippen LogP contribution in [0.3, 0.4) is 0 Å². The van der Waals surface area contributed by atoms with Crippen LogP contribution in [0.1, 0.15) is 13.3 Å². The van der Waals surface area contributed by atoms with Gasteiger partial charge in [0.1, 0.15) is 6.04 Å². The molecule has 2 N–H and O–H groups in total. The molecule has 2 fully saturated rings. The molecule has 0 radical (unpaired) electrons. The summed E-state index contributed by atoms with van der Waals surface area (Å²) >= 11 is 0. The molecule has 0 aromatic rings. The van der Waals surface area contributed by atoms with E-state index in [2.05, 4.69) is 5.32 Å². The van der Waals surface area contributed by atoms with Gasteiger partial charge in [0, 0.05) is 45.8 Å². The maximum absolute atomic E-state index is 12.4. The summed E-state index contributed by atoms with van der Waals surface area (Å²) in [5.41, 5.74) is 0. The summed E-state index contributed by atoms with van der Waals surface area (Å²) in [7, 11) is 0. The average molecular weight is 284 g/mol. The van der Waals surface area contributed by atoms with Gasteiger partial charge in [-0.25, -0.2) is 4.79 Å². The minimum absolute atomic E-state index is 0.0938. The first-order valence-electron chi connectivity index (χ1n) is 7.31. The Morgan fingerprint density at radius 1 is 1.00 bits per heavy atom. The Morgan fingerprint density at radius 2 is 1.65 bits per heavy atom. The molecule has 1 unspecified atom stereocenters. The Hall–Kier alpha value is -1.34. The number of aliphatic carboxylic acids is 1. The van der Waals surface area contributed by atoms with Crippen LogP contribution in [0, 0.1) is 0 Å². The molecule has 0 saturated carbocycles. The average Bonchev–Trinajstić information content (AvgIpc) is 2.75. The Kier molecular flexibility index (Phi) is 5.19. The number of nitrogens with zero attached hydrogens (tertiary/aromatic N) is 3. The van der Waals surface area contributed by atoms with Crippen molar-refractivity contribution in [3.05, 3.63) is 0 Å². The lowest BCUT2D eigenvalue weighted by molar-refractivity contribution is -0.143. The summed E-state index contributed by atoms with van der Waals surface area (Å²) < 4.78 is 0. The van der Waals surface area contributed by atoms with E-state index >= 15 is 0 Å². The van der Waals surface area contributed by atoms with Gasteiger partial charge in [0.05, 0.1) is 0 Å². The largest absolute Gasteiger partial charge is 0.480 e. The normalized spacial score (nSPS) is 23.2. The van der Waals surface area contributed by atoms with Crippen molar-refractivity contribution in [1.82, 2.24) is 20.0 Å². The van der Waals surface area contributed by atoms with Crippen molar-refractivity contribution < 1.29 is 14.7 Å². The third kappa shape index (κ3) is 3.61. The van der Waals surface area contributed by atoms with Crippen LogP contribution in [-0.4, -0.2) is 90.2 Å². The van der Waals surface area contributed by atoms with Gasteiger partial charge in [-0.3, -0.25) is 9.69 Å². The van der Waals surface area contributed by atoms with Crippen LogP contribution in [0.4, 0.5) is 4.79 Å². The Labute approximate surface area is 119 Å². The topological polar surface area (TPSA) is 76.1 Å². The minimum Gasteiger partial charge on any atom is -0.480 e. The minimum atomic E-state index is -0.802. The van der Waals surface area contributed by atoms with Crippen molar-refractivity contribution in [3.63, 3.8) is 0 Å². The Balaban J connectivity index is 1.83. The fraction of sp³-hybridized carbons (Fsp3) is 0.846. The van der Waals surface area contributed by atoms with Gasteiger partial charge in [0.2, 0.25) is 0 Å². The molecule has 2 aliphatic rings. The second-order valence-corrected chi connectivity index (χ2v) is 5.41. The summed E-state index contributed by atoms with van der Waals surface area (Å²) in [6, 6.07) is -0.383. The van der Waals surface area contributed by atoms with Crippen LogP contribution in [0.25, 0.3) is 0 Å². The number of nitrogens with one attached hydrogen (secondary N) is 1. The molecular weight excluding hydrogens is 260 g/mol. The maximum Gasteiger partial charge on any atom is 0.320 e. The highest BCUT2D eigenvalue weighted by Gasteiger charge is 2.29. The predicted octanol–water partition coefficient (Wildman–Crippen LogP) is -0.508. The molecule has 2 amide bonds. The van der Waals surface area contributed by atoms with Gasteiger partial charge in [-0.2, -0.15) is 0 Å². The van der Waals surface area contributed by atoms with E-state index in [9.17, 15) is 9.59 Å². The smallest absolute Gasteiger partial charge is 0.320 e. The Bertz CT molecular complexity index is 348. The third-order valence-corrected chi connectivity index (χ3v) is 4.10. The van der Waals surface area contributed by atoms with E-state index in [1.54, 1.807) is 6.92 Å². The van der Waals surface area contributed by atoms with Gasteiger partial charge in [-0.05, 0) is 19.9 Å². The number of carboxylic acids is 1. The number of hydrogen-bond acceptors (Lipinski definition) is 4. The predicted molar refractivity (Wildman–Crippen MR) is 74.7 cm³/mol. The van der Waals surface area contributed by atoms with Crippen LogP contribution in [0.2, 0.25) is 0 Å². The van der Waals surface area contributed by atoms with Crippen LogP contribution >= 0.6 is 0 Å². The first-order valence-corrected chi connectivity index (χ1v) is 7.31.